The van der Waals surface area contributed by atoms with Crippen LogP contribution in [0.25, 0.3) is 0 Å². The van der Waals surface area contributed by atoms with Gasteiger partial charge in [0.2, 0.25) is 0 Å². The van der Waals surface area contributed by atoms with Gasteiger partial charge in [0.25, 0.3) is 0 Å². The summed E-state index contributed by atoms with van der Waals surface area (Å²) in [5, 5.41) is 41.0. The SMILES string of the molecule is N#CC(C#N)C(c1ccc(C(F)(F)F)c(Cl)c1)C(C#N)C(=N)c1cnn(C2CCCCO2)c1. The lowest BCUT2D eigenvalue weighted by Gasteiger charge is -2.24. The van der Waals surface area contributed by atoms with Gasteiger partial charge in [-0.3, -0.25) is 0 Å². The maximum atomic E-state index is 13.1. The van der Waals surface area contributed by atoms with E-state index in [4.69, 9.17) is 21.7 Å². The Hall–Kier alpha value is -3.39. The highest BCUT2D eigenvalue weighted by Gasteiger charge is 2.38. The third kappa shape index (κ3) is 5.17. The van der Waals surface area contributed by atoms with Crippen molar-refractivity contribution in [3.8, 4) is 18.2 Å². The first-order chi connectivity index (χ1) is 15.7. The molecule has 0 amide bonds. The number of hydrogen-bond donors (Lipinski definition) is 1. The second-order valence-corrected chi connectivity index (χ2v) is 7.96. The summed E-state index contributed by atoms with van der Waals surface area (Å²) in [6, 6.07) is 8.31. The summed E-state index contributed by atoms with van der Waals surface area (Å²) in [5.74, 6) is -3.92. The second-order valence-electron chi connectivity index (χ2n) is 7.55. The lowest BCUT2D eigenvalue weighted by Crippen LogP contribution is -2.26. The van der Waals surface area contributed by atoms with Crippen molar-refractivity contribution in [2.45, 2.75) is 37.6 Å². The minimum atomic E-state index is -4.69. The molecule has 0 bridgehead atoms. The molecule has 0 spiro atoms. The van der Waals surface area contributed by atoms with E-state index in [1.165, 1.54) is 6.20 Å². The maximum Gasteiger partial charge on any atom is 0.417 e. The van der Waals surface area contributed by atoms with Crippen LogP contribution < -0.4 is 0 Å². The molecule has 0 saturated carbocycles. The monoisotopic (exact) mass is 474 g/mol. The van der Waals surface area contributed by atoms with Gasteiger partial charge in [-0.15, -0.1) is 0 Å². The van der Waals surface area contributed by atoms with Crippen molar-refractivity contribution in [1.82, 2.24) is 9.78 Å². The first kappa shape index (κ1) is 24.3. The van der Waals surface area contributed by atoms with Crippen molar-refractivity contribution in [2.75, 3.05) is 6.61 Å². The van der Waals surface area contributed by atoms with E-state index in [-0.39, 0.29) is 23.1 Å². The molecule has 2 aromatic rings. The highest BCUT2D eigenvalue weighted by molar-refractivity contribution is 6.31. The van der Waals surface area contributed by atoms with E-state index in [0.717, 1.165) is 37.5 Å². The average Bonchev–Trinajstić information content (AvgIpc) is 3.29. The van der Waals surface area contributed by atoms with E-state index >= 15 is 0 Å². The van der Waals surface area contributed by atoms with Crippen molar-refractivity contribution in [2.24, 2.45) is 11.8 Å². The van der Waals surface area contributed by atoms with E-state index in [0.29, 0.717) is 6.61 Å². The molecule has 1 N–H and O–H groups in total. The Morgan fingerprint density at radius 3 is 2.48 bits per heavy atom. The zero-order valence-corrected chi connectivity index (χ0v) is 17.9. The normalized spacial score (nSPS) is 18.1. The van der Waals surface area contributed by atoms with E-state index in [1.54, 1.807) is 23.0 Å². The largest absolute Gasteiger partial charge is 0.417 e. The molecule has 33 heavy (non-hydrogen) atoms. The predicted molar refractivity (Wildman–Crippen MR) is 111 cm³/mol. The topological polar surface area (TPSA) is 122 Å². The molecule has 1 fully saturated rings. The summed E-state index contributed by atoms with van der Waals surface area (Å²) >= 11 is 5.83. The third-order valence-corrected chi connectivity index (χ3v) is 5.81. The zero-order chi connectivity index (χ0) is 24.2. The molecule has 1 aliphatic rings. The molecule has 1 aromatic heterocycles. The lowest BCUT2D eigenvalue weighted by molar-refractivity contribution is -0.137. The van der Waals surface area contributed by atoms with Crippen LogP contribution in [0.5, 0.6) is 0 Å². The van der Waals surface area contributed by atoms with Crippen LogP contribution in [0.1, 0.15) is 48.1 Å². The summed E-state index contributed by atoms with van der Waals surface area (Å²) in [4.78, 5) is 0. The first-order valence-corrected chi connectivity index (χ1v) is 10.4. The molecule has 3 rings (SSSR count). The zero-order valence-electron chi connectivity index (χ0n) is 17.2. The fourth-order valence-corrected chi connectivity index (χ4v) is 4.10. The van der Waals surface area contributed by atoms with Crippen molar-refractivity contribution in [3.63, 3.8) is 0 Å². The van der Waals surface area contributed by atoms with Crippen LogP contribution in [0.2, 0.25) is 5.02 Å². The molecule has 7 nitrogen and oxygen atoms in total. The lowest BCUT2D eigenvalue weighted by atomic mass is 9.75. The van der Waals surface area contributed by atoms with E-state index in [1.807, 2.05) is 6.07 Å². The number of ether oxygens (including phenoxy) is 1. The summed E-state index contributed by atoms with van der Waals surface area (Å²) in [5.41, 5.74) is -0.917. The van der Waals surface area contributed by atoms with Gasteiger partial charge in [-0.1, -0.05) is 17.7 Å². The van der Waals surface area contributed by atoms with Gasteiger partial charge in [-0.25, -0.2) is 4.68 Å². The van der Waals surface area contributed by atoms with E-state index < -0.39 is 34.5 Å². The number of halogens is 4. The Morgan fingerprint density at radius 1 is 1.21 bits per heavy atom. The van der Waals surface area contributed by atoms with Gasteiger partial charge < -0.3 is 10.1 Å². The van der Waals surface area contributed by atoms with Crippen LogP contribution in [0.15, 0.2) is 30.6 Å². The van der Waals surface area contributed by atoms with Crippen LogP contribution in [-0.4, -0.2) is 22.1 Å². The number of hydrogen-bond acceptors (Lipinski definition) is 6. The summed E-state index contributed by atoms with van der Waals surface area (Å²) in [6.07, 6.45) is 0.595. The standard InChI is InChI=1S/C22H18ClF3N6O/c23-18-7-13(4-5-17(18)22(24,25)26)20(14(8-27)9-28)16(10-29)21(30)15-11-31-32(12-15)19-3-1-2-6-33-19/h4-5,7,11-12,14,16,19-20,30H,1-3,6H2. The molecular weight excluding hydrogens is 457 g/mol. The summed E-state index contributed by atoms with van der Waals surface area (Å²) in [6.45, 7) is 0.584. The Kier molecular flexibility index (Phi) is 7.38. The molecule has 0 radical (unpaired) electrons. The number of benzene rings is 1. The van der Waals surface area contributed by atoms with Crippen molar-refractivity contribution in [3.05, 3.63) is 52.3 Å². The average molecular weight is 475 g/mol. The molecule has 170 valence electrons. The summed E-state index contributed by atoms with van der Waals surface area (Å²) in [7, 11) is 0. The minimum Gasteiger partial charge on any atom is -0.357 e. The second kappa shape index (κ2) is 10.0. The fourth-order valence-electron chi connectivity index (χ4n) is 3.81. The molecule has 11 heteroatoms. The number of nitriles is 3. The molecule has 0 aliphatic carbocycles. The molecule has 1 aromatic carbocycles. The first-order valence-electron chi connectivity index (χ1n) is 10.0. The quantitative estimate of drug-likeness (QED) is 0.576. The Labute approximate surface area is 193 Å². The van der Waals surface area contributed by atoms with E-state index in [9.17, 15) is 29.0 Å². The predicted octanol–water partition coefficient (Wildman–Crippen LogP) is 5.21. The van der Waals surface area contributed by atoms with Gasteiger partial charge in [0.15, 0.2) is 0 Å². The Balaban J connectivity index is 1.98. The smallest absolute Gasteiger partial charge is 0.357 e. The molecule has 3 unspecified atom stereocenters. The highest BCUT2D eigenvalue weighted by Crippen LogP contribution is 2.40. The Morgan fingerprint density at radius 2 is 1.94 bits per heavy atom. The van der Waals surface area contributed by atoms with Gasteiger partial charge in [0.1, 0.15) is 12.1 Å². The maximum absolute atomic E-state index is 13.1. The molecule has 1 aliphatic heterocycles. The van der Waals surface area contributed by atoms with Gasteiger partial charge >= 0.3 is 6.18 Å². The highest BCUT2D eigenvalue weighted by atomic mass is 35.5. The fraction of sp³-hybridized carbons (Fsp3) is 0.409. The van der Waals surface area contributed by atoms with Crippen LogP contribution >= 0.6 is 11.6 Å². The van der Waals surface area contributed by atoms with Gasteiger partial charge in [-0.2, -0.15) is 34.1 Å². The van der Waals surface area contributed by atoms with Crippen LogP contribution in [0.3, 0.4) is 0 Å². The van der Waals surface area contributed by atoms with Crippen LogP contribution in [-0.2, 0) is 10.9 Å². The van der Waals surface area contributed by atoms with Crippen LogP contribution in [0.4, 0.5) is 13.2 Å². The number of rotatable bonds is 6. The van der Waals surface area contributed by atoms with Crippen molar-refractivity contribution >= 4 is 17.3 Å². The van der Waals surface area contributed by atoms with Crippen molar-refractivity contribution < 1.29 is 17.9 Å². The molecule has 3 atom stereocenters. The van der Waals surface area contributed by atoms with E-state index in [2.05, 4.69) is 5.10 Å². The van der Waals surface area contributed by atoms with Gasteiger partial charge in [0.05, 0.1) is 46.6 Å². The van der Waals surface area contributed by atoms with Crippen molar-refractivity contribution in [1.29, 1.82) is 21.2 Å². The number of nitrogens with zero attached hydrogens (tertiary/aromatic N) is 5. The van der Waals surface area contributed by atoms with Crippen LogP contribution in [0, 0.1) is 51.2 Å². The number of nitrogens with one attached hydrogen (secondary N) is 1. The number of alkyl halides is 3. The van der Waals surface area contributed by atoms with Gasteiger partial charge in [0, 0.05) is 24.3 Å². The van der Waals surface area contributed by atoms with Gasteiger partial charge in [-0.05, 0) is 37.0 Å². The molecule has 2 heterocycles. The molecule has 1 saturated heterocycles. The Bertz CT molecular complexity index is 1140. The summed E-state index contributed by atoms with van der Waals surface area (Å²) < 4.78 is 46.5. The number of aromatic nitrogens is 2. The third-order valence-electron chi connectivity index (χ3n) is 5.49. The minimum absolute atomic E-state index is 0.0837. The molecular formula is C22H18ClF3N6O.